The number of benzene rings is 4. The molecule has 2 N–H and O–H groups in total. The molecule has 4 heterocycles. The lowest BCUT2D eigenvalue weighted by atomic mass is 10.1. The molecule has 60 heavy (non-hydrogen) atoms. The first-order valence-corrected chi connectivity index (χ1v) is 18.9. The predicted octanol–water partition coefficient (Wildman–Crippen LogP) is 15.0. The molecule has 4 aromatic carbocycles. The van der Waals surface area contributed by atoms with Crippen LogP contribution in [0.5, 0.6) is 11.5 Å². The van der Waals surface area contributed by atoms with Gasteiger partial charge in [-0.05, 0) is 98.8 Å². The maximum absolute atomic E-state index is 12.6. The Balaban J connectivity index is 0.000000181. The number of aromatic amines is 2. The number of hydrogen-bond donors (Lipinski definition) is 2. The molecule has 18 heteroatoms. The van der Waals surface area contributed by atoms with Crippen LogP contribution in [0.1, 0.15) is 11.4 Å². The molecule has 8 nitrogen and oxygen atoms in total. The van der Waals surface area contributed by atoms with Crippen LogP contribution in [0.3, 0.4) is 0 Å². The molecule has 0 unspecified atom stereocenters. The molecule has 8 rings (SSSR count). The molecule has 0 aliphatic rings. The number of imidazole rings is 2. The first-order chi connectivity index (χ1) is 28.4. The Bertz CT molecular complexity index is 2770. The van der Waals surface area contributed by atoms with E-state index < -0.39 is 24.2 Å². The molecule has 0 saturated carbocycles. The van der Waals surface area contributed by atoms with Crippen molar-refractivity contribution in [2.75, 3.05) is 0 Å². The molecule has 0 radical (unpaired) electrons. The Hall–Kier alpha value is -5.80. The topological polar surface area (TPSA) is 102 Å². The third kappa shape index (κ3) is 10.1. The van der Waals surface area contributed by atoms with Gasteiger partial charge in [-0.3, -0.25) is 0 Å². The highest BCUT2D eigenvalue weighted by atomic mass is 35.5. The van der Waals surface area contributed by atoms with Gasteiger partial charge in [0.15, 0.2) is 23.2 Å². The van der Waals surface area contributed by atoms with Crippen LogP contribution in [-0.4, -0.2) is 32.7 Å². The Labute approximate surface area is 356 Å². The zero-order valence-corrected chi connectivity index (χ0v) is 33.7. The Kier molecular flexibility index (Phi) is 12.0. The molecule has 0 bridgehead atoms. The van der Waals surface area contributed by atoms with Gasteiger partial charge in [-0.15, -0.1) is 26.3 Å². The minimum absolute atomic E-state index is 0.155. The molecule has 308 valence electrons. The second-order valence-corrected chi connectivity index (χ2v) is 14.5. The largest absolute Gasteiger partial charge is 0.573 e. The zero-order chi connectivity index (χ0) is 42.9. The van der Waals surface area contributed by atoms with E-state index in [9.17, 15) is 26.3 Å². The van der Waals surface area contributed by atoms with Gasteiger partial charge in [-0.25, -0.2) is 9.97 Å². The van der Waals surface area contributed by atoms with E-state index in [0.717, 1.165) is 40.0 Å². The van der Waals surface area contributed by atoms with Crippen LogP contribution >= 0.6 is 46.4 Å². The summed E-state index contributed by atoms with van der Waals surface area (Å²) in [5.74, 6) is 1.70. The van der Waals surface area contributed by atoms with Gasteiger partial charge < -0.3 is 28.3 Å². The number of nitrogens with one attached hydrogen (secondary N) is 2. The lowest BCUT2D eigenvalue weighted by molar-refractivity contribution is -0.275. The van der Waals surface area contributed by atoms with E-state index >= 15 is 0 Å². The average molecular weight is 906 g/mol. The summed E-state index contributed by atoms with van der Waals surface area (Å²) in [6.45, 7) is 3.77. The smallest absolute Gasteiger partial charge is 0.453 e. The van der Waals surface area contributed by atoms with Crippen molar-refractivity contribution in [2.45, 2.75) is 26.6 Å². The van der Waals surface area contributed by atoms with Crippen LogP contribution in [0.4, 0.5) is 26.3 Å². The van der Waals surface area contributed by atoms with Crippen LogP contribution < -0.4 is 9.47 Å². The van der Waals surface area contributed by atoms with Crippen molar-refractivity contribution >= 4 is 46.4 Å². The summed E-state index contributed by atoms with van der Waals surface area (Å²) in [6.07, 6.45) is -9.66. The summed E-state index contributed by atoms with van der Waals surface area (Å²) in [5.41, 5.74) is 5.85. The highest BCUT2D eigenvalue weighted by molar-refractivity contribution is 6.32. The summed E-state index contributed by atoms with van der Waals surface area (Å²) in [5, 5.41) is 0.923. The van der Waals surface area contributed by atoms with Crippen LogP contribution in [0.2, 0.25) is 20.1 Å². The standard InChI is InChI=1S/2C21H13Cl2F3N2O2/c1-11-19(12-2-5-14(22)6-3-12)28-20(27-11)18-9-8-16(29-18)13-4-7-17(15(23)10-13)30-21(24,25)26;1-11-19(12-2-5-14(22)6-3-12)28-20(27-11)17-9-8-16(29-17)13-4-7-15(23)18(10-13)30-21(24,25)26/h2*2-10H,1H3,(H,27,28). The summed E-state index contributed by atoms with van der Waals surface area (Å²) in [7, 11) is 0. The van der Waals surface area contributed by atoms with Gasteiger partial charge in [0.2, 0.25) is 0 Å². The summed E-state index contributed by atoms with van der Waals surface area (Å²) in [6, 6.07) is 29.2. The van der Waals surface area contributed by atoms with Crippen LogP contribution in [0.15, 0.2) is 118 Å². The van der Waals surface area contributed by atoms with E-state index in [4.69, 9.17) is 55.2 Å². The number of aromatic nitrogens is 4. The number of nitrogens with zero attached hydrogens (tertiary/aromatic N) is 2. The number of halogens is 10. The van der Waals surface area contributed by atoms with Gasteiger partial charge in [-0.1, -0.05) is 70.7 Å². The van der Waals surface area contributed by atoms with Crippen molar-refractivity contribution in [3.8, 4) is 79.8 Å². The van der Waals surface area contributed by atoms with Crippen molar-refractivity contribution in [1.82, 2.24) is 19.9 Å². The molecule has 0 amide bonds. The molecule has 0 atom stereocenters. The minimum atomic E-state index is -4.85. The van der Waals surface area contributed by atoms with Crippen LogP contribution in [0.25, 0.3) is 68.3 Å². The molecule has 8 aromatic rings. The van der Waals surface area contributed by atoms with Crippen molar-refractivity contribution in [2.24, 2.45) is 0 Å². The highest BCUT2D eigenvalue weighted by Gasteiger charge is 2.33. The molecule has 0 fully saturated rings. The molecule has 0 aliphatic heterocycles. The molecular weight excluding hydrogens is 880 g/mol. The van der Waals surface area contributed by atoms with Crippen LogP contribution in [-0.2, 0) is 0 Å². The SMILES string of the molecule is Cc1[nH]c(-c2ccc(-c3ccc(Cl)c(OC(F)(F)F)c3)o2)nc1-c1ccc(Cl)cc1.Cc1[nH]c(-c2ccc(-c3ccc(OC(F)(F)F)c(Cl)c3)o2)nc1-c1ccc(Cl)cc1. The lowest BCUT2D eigenvalue weighted by Crippen LogP contribution is -2.17. The average Bonchev–Trinajstić information content (AvgIpc) is 4.01. The summed E-state index contributed by atoms with van der Waals surface area (Å²) < 4.78 is 94.4. The highest BCUT2D eigenvalue weighted by Crippen LogP contribution is 2.38. The monoisotopic (exact) mass is 904 g/mol. The molecule has 0 aliphatic carbocycles. The second kappa shape index (κ2) is 17.1. The lowest BCUT2D eigenvalue weighted by Gasteiger charge is -2.11. The Morgan fingerprint density at radius 2 is 0.867 bits per heavy atom. The van der Waals surface area contributed by atoms with Gasteiger partial charge in [0.25, 0.3) is 0 Å². The molecular formula is C42H26Cl4F6N4O4. The van der Waals surface area contributed by atoms with E-state index in [-0.39, 0.29) is 10.0 Å². The van der Waals surface area contributed by atoms with Crippen molar-refractivity contribution in [3.05, 3.63) is 141 Å². The quantitative estimate of drug-likeness (QED) is 0.147. The van der Waals surface area contributed by atoms with Crippen molar-refractivity contribution in [1.29, 1.82) is 0 Å². The second-order valence-electron chi connectivity index (χ2n) is 12.8. The fourth-order valence-corrected chi connectivity index (χ4v) is 6.52. The number of ether oxygens (including phenoxy) is 2. The summed E-state index contributed by atoms with van der Waals surface area (Å²) in [4.78, 5) is 15.5. The van der Waals surface area contributed by atoms with Gasteiger partial charge in [0.05, 0.1) is 21.4 Å². The normalized spacial score (nSPS) is 11.7. The maximum atomic E-state index is 12.6. The third-order valence-electron chi connectivity index (χ3n) is 8.57. The molecule has 0 spiro atoms. The predicted molar refractivity (Wildman–Crippen MR) is 217 cm³/mol. The number of rotatable bonds is 8. The Morgan fingerprint density at radius 3 is 1.32 bits per heavy atom. The number of furan rings is 2. The van der Waals surface area contributed by atoms with E-state index in [0.29, 0.717) is 55.9 Å². The van der Waals surface area contributed by atoms with Crippen LogP contribution in [0, 0.1) is 13.8 Å². The van der Waals surface area contributed by atoms with E-state index in [2.05, 4.69) is 29.4 Å². The number of hydrogen-bond acceptors (Lipinski definition) is 6. The van der Waals surface area contributed by atoms with Crippen molar-refractivity contribution < 1.29 is 44.7 Å². The number of alkyl halides is 6. The van der Waals surface area contributed by atoms with Gasteiger partial charge in [-0.2, -0.15) is 0 Å². The first-order valence-electron chi connectivity index (χ1n) is 17.4. The van der Waals surface area contributed by atoms with Gasteiger partial charge in [0.1, 0.15) is 23.0 Å². The van der Waals surface area contributed by atoms with Crippen molar-refractivity contribution in [3.63, 3.8) is 0 Å². The maximum Gasteiger partial charge on any atom is 0.573 e. The first kappa shape index (κ1) is 42.3. The van der Waals surface area contributed by atoms with E-state index in [1.165, 1.54) is 24.3 Å². The fourth-order valence-electron chi connectivity index (χ4n) is 5.89. The number of aryl methyl sites for hydroxylation is 2. The van der Waals surface area contributed by atoms with E-state index in [1.807, 2.05) is 38.1 Å². The molecule has 4 aromatic heterocycles. The summed E-state index contributed by atoms with van der Waals surface area (Å²) >= 11 is 23.6. The Morgan fingerprint density at radius 1 is 0.467 bits per heavy atom. The van der Waals surface area contributed by atoms with Gasteiger partial charge >= 0.3 is 12.7 Å². The number of H-pyrrole nitrogens is 2. The minimum Gasteiger partial charge on any atom is -0.453 e. The van der Waals surface area contributed by atoms with E-state index in [1.54, 1.807) is 54.6 Å². The third-order valence-corrected chi connectivity index (χ3v) is 9.68. The molecule has 0 saturated heterocycles. The fraction of sp³-hybridized carbons (Fsp3) is 0.0952. The van der Waals surface area contributed by atoms with Gasteiger partial charge in [0, 0.05) is 43.7 Å². The zero-order valence-electron chi connectivity index (χ0n) is 30.7.